The number of hydrogen-bond acceptors (Lipinski definition) is 13. The van der Waals surface area contributed by atoms with Gasteiger partial charge in [0, 0.05) is 6.42 Å². The van der Waals surface area contributed by atoms with E-state index in [4.69, 9.17) is 38.8 Å². The fraction of sp³-hybridized carbons (Fsp3) is 0.500. The van der Waals surface area contributed by atoms with Gasteiger partial charge in [-0.25, -0.2) is 19.1 Å². The van der Waals surface area contributed by atoms with Crippen LogP contribution < -0.4 is 11.4 Å². The number of nitrogen functional groups attached to an aromatic ring is 1. The highest BCUT2D eigenvalue weighted by Crippen LogP contribution is 2.53. The third kappa shape index (κ3) is 8.08. The summed E-state index contributed by atoms with van der Waals surface area (Å²) < 4.78 is 45.5. The quantitative estimate of drug-likeness (QED) is 0.183. The van der Waals surface area contributed by atoms with Gasteiger partial charge in [0.2, 0.25) is 5.95 Å². The number of phosphoric acid groups is 1. The minimum atomic E-state index is -4.18. The van der Waals surface area contributed by atoms with Crippen molar-refractivity contribution in [3.05, 3.63) is 42.1 Å². The molecule has 1 unspecified atom stereocenters. The van der Waals surface area contributed by atoms with Gasteiger partial charge in [-0.2, -0.15) is 10.2 Å². The standard InChI is InChI=1S/C18H24N5O9P/c1-3-7-27-18(25)28-11-14-13(32-33(26,29-8-4-2)30-9-5-6-19)10-15(31-14)23-12-21-16(20)22-17(23)24/h3-4,12-15H,1-2,5,7-11H2,(H2,20,22,24)/t13-,14+,15+,33?/m0/s1. The van der Waals surface area contributed by atoms with Crippen LogP contribution in [-0.2, 0) is 32.3 Å². The van der Waals surface area contributed by atoms with E-state index in [9.17, 15) is 14.2 Å². The molecule has 2 heterocycles. The number of nitriles is 1. The first kappa shape index (κ1) is 26.2. The molecule has 1 saturated heterocycles. The van der Waals surface area contributed by atoms with Crippen LogP contribution in [0.15, 0.2) is 36.4 Å². The van der Waals surface area contributed by atoms with E-state index in [0.717, 1.165) is 10.9 Å². The summed E-state index contributed by atoms with van der Waals surface area (Å²) in [6, 6.07) is 1.84. The number of carbonyl (C=O) groups excluding carboxylic acids is 1. The largest absolute Gasteiger partial charge is 0.508 e. The van der Waals surface area contributed by atoms with Crippen LogP contribution in [0.1, 0.15) is 19.1 Å². The molecule has 0 aromatic carbocycles. The third-order valence-corrected chi connectivity index (χ3v) is 5.49. The van der Waals surface area contributed by atoms with Crippen molar-refractivity contribution < 1.29 is 37.1 Å². The number of carbonyl (C=O) groups is 1. The molecule has 1 aliphatic rings. The molecule has 0 saturated carbocycles. The van der Waals surface area contributed by atoms with Crippen molar-refractivity contribution in [3.8, 4) is 6.07 Å². The summed E-state index contributed by atoms with van der Waals surface area (Å²) in [5.41, 5.74) is 4.67. The minimum absolute atomic E-state index is 0.0357. The van der Waals surface area contributed by atoms with E-state index in [1.807, 2.05) is 6.07 Å². The van der Waals surface area contributed by atoms with Crippen molar-refractivity contribution in [2.24, 2.45) is 0 Å². The van der Waals surface area contributed by atoms with Gasteiger partial charge < -0.3 is 19.9 Å². The zero-order valence-electron chi connectivity index (χ0n) is 17.6. The van der Waals surface area contributed by atoms with E-state index in [0.29, 0.717) is 0 Å². The Bertz CT molecular complexity index is 979. The molecule has 0 spiro atoms. The van der Waals surface area contributed by atoms with Crippen LogP contribution in [-0.4, -0.2) is 59.3 Å². The summed E-state index contributed by atoms with van der Waals surface area (Å²) in [4.78, 5) is 31.2. The maximum atomic E-state index is 13.1. The number of anilines is 1. The summed E-state index contributed by atoms with van der Waals surface area (Å²) in [6.07, 6.45) is -0.266. The molecular weight excluding hydrogens is 461 g/mol. The molecular formula is C18H24N5O9P. The van der Waals surface area contributed by atoms with E-state index in [2.05, 4.69) is 23.1 Å². The van der Waals surface area contributed by atoms with E-state index < -0.39 is 38.1 Å². The monoisotopic (exact) mass is 485 g/mol. The molecule has 180 valence electrons. The molecule has 0 amide bonds. The Kier molecular flexibility index (Phi) is 10.2. The third-order valence-electron chi connectivity index (χ3n) is 4.00. The Morgan fingerprint density at radius 2 is 2.12 bits per heavy atom. The van der Waals surface area contributed by atoms with E-state index in [1.165, 1.54) is 12.2 Å². The fourth-order valence-electron chi connectivity index (χ4n) is 2.61. The van der Waals surface area contributed by atoms with Crippen LogP contribution in [0.5, 0.6) is 0 Å². The number of hydrogen-bond donors (Lipinski definition) is 1. The van der Waals surface area contributed by atoms with Crippen molar-refractivity contribution in [2.75, 3.05) is 32.2 Å². The van der Waals surface area contributed by atoms with Crippen molar-refractivity contribution in [3.63, 3.8) is 0 Å². The predicted molar refractivity (Wildman–Crippen MR) is 112 cm³/mol. The summed E-state index contributed by atoms with van der Waals surface area (Å²) in [5, 5.41) is 8.70. The molecule has 1 aliphatic heterocycles. The molecule has 2 rings (SSSR count). The highest BCUT2D eigenvalue weighted by molar-refractivity contribution is 7.48. The fourth-order valence-corrected chi connectivity index (χ4v) is 3.97. The van der Waals surface area contributed by atoms with Crippen LogP contribution in [0.3, 0.4) is 0 Å². The average molecular weight is 485 g/mol. The minimum Gasteiger partial charge on any atom is -0.431 e. The molecule has 2 N–H and O–H groups in total. The van der Waals surface area contributed by atoms with Crippen LogP contribution in [0.2, 0.25) is 0 Å². The van der Waals surface area contributed by atoms with E-state index >= 15 is 0 Å². The van der Waals surface area contributed by atoms with Gasteiger partial charge in [0.1, 0.15) is 38.0 Å². The number of rotatable bonds is 13. The normalized spacial score (nSPS) is 21.5. The first-order chi connectivity index (χ1) is 15.8. The predicted octanol–water partition coefficient (Wildman–Crippen LogP) is 1.47. The molecule has 1 aromatic heterocycles. The van der Waals surface area contributed by atoms with Crippen molar-refractivity contribution in [1.82, 2.24) is 14.5 Å². The van der Waals surface area contributed by atoms with Gasteiger partial charge in [0.05, 0.1) is 25.7 Å². The van der Waals surface area contributed by atoms with Crippen LogP contribution in [0, 0.1) is 11.3 Å². The van der Waals surface area contributed by atoms with Crippen molar-refractivity contribution in [2.45, 2.75) is 31.3 Å². The van der Waals surface area contributed by atoms with Crippen LogP contribution in [0.4, 0.5) is 10.7 Å². The average Bonchev–Trinajstić information content (AvgIpc) is 3.16. The Morgan fingerprint density at radius 1 is 1.36 bits per heavy atom. The lowest BCUT2D eigenvalue weighted by Crippen LogP contribution is -2.31. The lowest BCUT2D eigenvalue weighted by molar-refractivity contribution is -0.0589. The second-order valence-electron chi connectivity index (χ2n) is 6.35. The highest BCUT2D eigenvalue weighted by Gasteiger charge is 2.43. The maximum absolute atomic E-state index is 13.1. The van der Waals surface area contributed by atoms with Gasteiger partial charge in [-0.05, 0) is 0 Å². The first-order valence-corrected chi connectivity index (χ1v) is 11.1. The number of nitrogens with two attached hydrogens (primary N) is 1. The molecule has 0 bridgehead atoms. The SMILES string of the molecule is C=CCOC(=O)OC[C@H]1O[C@@H](n2cnc(N)nc2=O)C[C@@H]1OP(=O)(OCC=C)OCCC#N. The van der Waals surface area contributed by atoms with Gasteiger partial charge in [-0.3, -0.25) is 18.1 Å². The van der Waals surface area contributed by atoms with Gasteiger partial charge >= 0.3 is 19.7 Å². The molecule has 0 aliphatic carbocycles. The second-order valence-corrected chi connectivity index (χ2v) is 7.97. The number of aromatic nitrogens is 3. The molecule has 4 atom stereocenters. The molecule has 1 fully saturated rings. The van der Waals surface area contributed by atoms with Crippen molar-refractivity contribution >= 4 is 19.9 Å². The summed E-state index contributed by atoms with van der Waals surface area (Å²) >= 11 is 0. The van der Waals surface area contributed by atoms with E-state index in [-0.39, 0.29) is 45.2 Å². The lowest BCUT2D eigenvalue weighted by Gasteiger charge is -2.23. The topological polar surface area (TPSA) is 187 Å². The van der Waals surface area contributed by atoms with E-state index in [1.54, 1.807) is 0 Å². The zero-order chi connectivity index (χ0) is 24.3. The summed E-state index contributed by atoms with van der Waals surface area (Å²) in [7, 11) is -4.18. The Balaban J connectivity index is 2.20. The molecule has 0 radical (unpaired) electrons. The summed E-state index contributed by atoms with van der Waals surface area (Å²) in [6.45, 7) is 6.07. The number of ether oxygens (including phenoxy) is 3. The van der Waals surface area contributed by atoms with Crippen LogP contribution >= 0.6 is 7.82 Å². The number of nitrogens with zero attached hydrogens (tertiary/aromatic N) is 4. The Labute approximate surface area is 189 Å². The second kappa shape index (κ2) is 12.8. The van der Waals surface area contributed by atoms with Gasteiger partial charge in [0.25, 0.3) is 0 Å². The summed E-state index contributed by atoms with van der Waals surface area (Å²) in [5.74, 6) is -0.222. The van der Waals surface area contributed by atoms with Gasteiger partial charge in [-0.1, -0.05) is 18.7 Å². The number of phosphoric ester groups is 1. The maximum Gasteiger partial charge on any atom is 0.508 e. The molecule has 1 aromatic rings. The molecule has 14 nitrogen and oxygen atoms in total. The molecule has 15 heteroatoms. The smallest absolute Gasteiger partial charge is 0.431 e. The lowest BCUT2D eigenvalue weighted by atomic mass is 10.2. The molecule has 33 heavy (non-hydrogen) atoms. The van der Waals surface area contributed by atoms with Gasteiger partial charge in [0.15, 0.2) is 0 Å². The van der Waals surface area contributed by atoms with Crippen molar-refractivity contribution in [1.29, 1.82) is 5.26 Å². The highest BCUT2D eigenvalue weighted by atomic mass is 31.2. The van der Waals surface area contributed by atoms with Gasteiger partial charge in [-0.15, -0.1) is 6.58 Å². The Hall–Kier alpha value is -3.08. The Morgan fingerprint density at radius 3 is 2.79 bits per heavy atom. The van der Waals surface area contributed by atoms with Crippen LogP contribution in [0.25, 0.3) is 0 Å². The first-order valence-electron chi connectivity index (χ1n) is 9.63. The zero-order valence-corrected chi connectivity index (χ0v) is 18.5.